The summed E-state index contributed by atoms with van der Waals surface area (Å²) in [4.78, 5) is 37.0. The summed E-state index contributed by atoms with van der Waals surface area (Å²) in [6.07, 6.45) is 4.37. The van der Waals surface area contributed by atoms with E-state index >= 15 is 0 Å². The van der Waals surface area contributed by atoms with E-state index in [4.69, 9.17) is 11.6 Å². The molecule has 1 aromatic carbocycles. The van der Waals surface area contributed by atoms with Gasteiger partial charge in [-0.25, -0.2) is 9.97 Å². The molecule has 2 N–H and O–H groups in total. The van der Waals surface area contributed by atoms with Crippen molar-refractivity contribution in [2.75, 3.05) is 50.7 Å². The van der Waals surface area contributed by atoms with Crippen molar-refractivity contribution in [3.63, 3.8) is 0 Å². The van der Waals surface area contributed by atoms with Gasteiger partial charge in [0.15, 0.2) is 0 Å². The smallest absolute Gasteiger partial charge is 0.251 e. The summed E-state index contributed by atoms with van der Waals surface area (Å²) in [5.41, 5.74) is 0.436. The van der Waals surface area contributed by atoms with Gasteiger partial charge in [-0.1, -0.05) is 17.7 Å². The predicted octanol–water partition coefficient (Wildman–Crippen LogP) is 1.19. The molecule has 0 bridgehead atoms. The lowest BCUT2D eigenvalue weighted by Gasteiger charge is -2.34. The van der Waals surface area contributed by atoms with Crippen LogP contribution in [-0.2, 0) is 4.79 Å². The lowest BCUT2D eigenvalue weighted by molar-refractivity contribution is -0.120. The van der Waals surface area contributed by atoms with E-state index in [1.165, 1.54) is 0 Å². The summed E-state index contributed by atoms with van der Waals surface area (Å²) >= 11 is 5.87. The van der Waals surface area contributed by atoms with Crippen LogP contribution in [0.5, 0.6) is 0 Å². The maximum Gasteiger partial charge on any atom is 0.251 e. The first kappa shape index (κ1) is 21.0. The molecule has 1 aliphatic rings. The number of rotatable bonds is 8. The van der Waals surface area contributed by atoms with E-state index in [0.29, 0.717) is 17.1 Å². The van der Waals surface area contributed by atoms with Crippen molar-refractivity contribution in [2.45, 2.75) is 6.42 Å². The van der Waals surface area contributed by atoms with E-state index in [9.17, 15) is 9.59 Å². The van der Waals surface area contributed by atoms with Gasteiger partial charge in [-0.2, -0.15) is 0 Å². The number of nitrogens with one attached hydrogen (secondary N) is 2. The number of aromatic nitrogens is 2. The molecule has 0 unspecified atom stereocenters. The lowest BCUT2D eigenvalue weighted by atomic mass is 10.2. The monoisotopic (exact) mass is 416 g/mol. The summed E-state index contributed by atoms with van der Waals surface area (Å²) < 4.78 is 0. The van der Waals surface area contributed by atoms with Crippen LogP contribution in [0.25, 0.3) is 0 Å². The van der Waals surface area contributed by atoms with E-state index < -0.39 is 0 Å². The van der Waals surface area contributed by atoms with Crippen molar-refractivity contribution >= 4 is 29.4 Å². The van der Waals surface area contributed by atoms with Gasteiger partial charge in [0.1, 0.15) is 0 Å². The molecule has 9 heteroatoms. The number of nitrogens with zero attached hydrogens (tertiary/aromatic N) is 4. The molecule has 154 valence electrons. The highest BCUT2D eigenvalue weighted by Gasteiger charge is 2.18. The Kier molecular flexibility index (Phi) is 7.77. The number of anilines is 1. The Morgan fingerprint density at radius 1 is 1.03 bits per heavy atom. The van der Waals surface area contributed by atoms with Crippen LogP contribution in [0.4, 0.5) is 5.95 Å². The van der Waals surface area contributed by atoms with Crippen LogP contribution >= 0.6 is 11.6 Å². The van der Waals surface area contributed by atoms with Gasteiger partial charge in [0.05, 0.1) is 6.54 Å². The zero-order chi connectivity index (χ0) is 20.5. The number of piperazine rings is 1. The number of carbonyl (C=O) groups is 2. The minimum atomic E-state index is -0.317. The molecule has 3 rings (SSSR count). The molecule has 2 heterocycles. The molecule has 1 fully saturated rings. The summed E-state index contributed by atoms with van der Waals surface area (Å²) in [6, 6.07) is 8.43. The summed E-state index contributed by atoms with van der Waals surface area (Å²) in [7, 11) is 0. The van der Waals surface area contributed by atoms with E-state index in [2.05, 4.69) is 30.4 Å². The van der Waals surface area contributed by atoms with Crippen LogP contribution in [-0.4, -0.2) is 72.5 Å². The first-order chi connectivity index (χ1) is 14.1. The van der Waals surface area contributed by atoms with Crippen molar-refractivity contribution in [2.24, 2.45) is 0 Å². The molecule has 0 spiro atoms. The van der Waals surface area contributed by atoms with Crippen molar-refractivity contribution in [3.05, 3.63) is 53.3 Å². The Hall–Kier alpha value is -2.71. The summed E-state index contributed by atoms with van der Waals surface area (Å²) in [6.45, 7) is 5.12. The van der Waals surface area contributed by atoms with Gasteiger partial charge in [-0.15, -0.1) is 0 Å². The molecule has 0 radical (unpaired) electrons. The van der Waals surface area contributed by atoms with Crippen LogP contribution in [0.2, 0.25) is 5.02 Å². The normalized spacial score (nSPS) is 14.4. The molecule has 1 saturated heterocycles. The largest absolute Gasteiger partial charge is 0.355 e. The molecule has 0 atom stereocenters. The van der Waals surface area contributed by atoms with Gasteiger partial charge in [0.2, 0.25) is 11.9 Å². The fourth-order valence-corrected chi connectivity index (χ4v) is 3.30. The second-order valence-corrected chi connectivity index (χ2v) is 7.21. The van der Waals surface area contributed by atoms with Gasteiger partial charge in [0, 0.05) is 55.7 Å². The van der Waals surface area contributed by atoms with Crippen molar-refractivity contribution in [3.8, 4) is 0 Å². The fraction of sp³-hybridized carbons (Fsp3) is 0.400. The fourth-order valence-electron chi connectivity index (χ4n) is 3.11. The minimum absolute atomic E-state index is 0.0545. The average Bonchev–Trinajstić information content (AvgIpc) is 2.76. The number of benzene rings is 1. The molecular weight excluding hydrogens is 392 g/mol. The topological polar surface area (TPSA) is 90.5 Å². The highest BCUT2D eigenvalue weighted by atomic mass is 35.5. The van der Waals surface area contributed by atoms with E-state index in [-0.39, 0.29) is 18.4 Å². The number of hydrogen-bond acceptors (Lipinski definition) is 6. The average molecular weight is 417 g/mol. The van der Waals surface area contributed by atoms with Gasteiger partial charge in [-0.3, -0.25) is 14.5 Å². The van der Waals surface area contributed by atoms with Crippen LogP contribution in [0, 0.1) is 0 Å². The molecule has 1 aliphatic heterocycles. The first-order valence-electron chi connectivity index (χ1n) is 9.66. The summed E-state index contributed by atoms with van der Waals surface area (Å²) in [5, 5.41) is 5.92. The Labute approximate surface area is 175 Å². The molecular formula is C20H25ClN6O2. The Morgan fingerprint density at radius 2 is 1.79 bits per heavy atom. The minimum Gasteiger partial charge on any atom is -0.355 e. The third-order valence-electron chi connectivity index (χ3n) is 4.68. The van der Waals surface area contributed by atoms with Crippen molar-refractivity contribution in [1.29, 1.82) is 0 Å². The molecule has 1 aromatic heterocycles. The zero-order valence-corrected chi connectivity index (χ0v) is 16.9. The molecule has 0 aliphatic carbocycles. The number of amides is 2. The lowest BCUT2D eigenvalue weighted by Crippen LogP contribution is -2.47. The summed E-state index contributed by atoms with van der Waals surface area (Å²) in [5.74, 6) is 0.258. The SMILES string of the molecule is O=C(CNC(=O)c1cccc(Cl)c1)NCCCN1CCN(c2ncccn2)CC1. The molecule has 29 heavy (non-hydrogen) atoms. The third kappa shape index (κ3) is 6.69. The van der Waals surface area contributed by atoms with Gasteiger partial charge in [0.25, 0.3) is 5.91 Å². The van der Waals surface area contributed by atoms with Crippen molar-refractivity contribution in [1.82, 2.24) is 25.5 Å². The van der Waals surface area contributed by atoms with Gasteiger partial charge in [-0.05, 0) is 37.2 Å². The van der Waals surface area contributed by atoms with Crippen LogP contribution in [0.3, 0.4) is 0 Å². The standard InChI is InChI=1S/C20H25ClN6O2/c21-17-5-1-4-16(14-17)19(29)25-15-18(28)22-8-3-9-26-10-12-27(13-11-26)20-23-6-2-7-24-20/h1-2,4-7,14H,3,8-13,15H2,(H,22,28)(H,25,29). The number of carbonyl (C=O) groups excluding carboxylic acids is 2. The highest BCUT2D eigenvalue weighted by molar-refractivity contribution is 6.30. The Morgan fingerprint density at radius 3 is 2.52 bits per heavy atom. The van der Waals surface area contributed by atoms with Gasteiger partial charge < -0.3 is 15.5 Å². The predicted molar refractivity (Wildman–Crippen MR) is 112 cm³/mol. The van der Waals surface area contributed by atoms with Crippen LogP contribution in [0.15, 0.2) is 42.7 Å². The number of hydrogen-bond donors (Lipinski definition) is 2. The molecule has 2 amide bonds. The second-order valence-electron chi connectivity index (χ2n) is 6.77. The Balaban J connectivity index is 1.27. The molecule has 2 aromatic rings. The number of halogens is 1. The Bertz CT molecular complexity index is 812. The first-order valence-corrected chi connectivity index (χ1v) is 10.0. The third-order valence-corrected chi connectivity index (χ3v) is 4.91. The maximum absolute atomic E-state index is 12.0. The van der Waals surface area contributed by atoms with E-state index in [0.717, 1.165) is 45.1 Å². The maximum atomic E-state index is 12.0. The van der Waals surface area contributed by atoms with Gasteiger partial charge >= 0.3 is 0 Å². The molecule has 8 nitrogen and oxygen atoms in total. The van der Waals surface area contributed by atoms with Crippen molar-refractivity contribution < 1.29 is 9.59 Å². The van der Waals surface area contributed by atoms with Crippen LogP contribution < -0.4 is 15.5 Å². The van der Waals surface area contributed by atoms with E-state index in [1.807, 2.05) is 6.07 Å². The van der Waals surface area contributed by atoms with Crippen LogP contribution in [0.1, 0.15) is 16.8 Å². The van der Waals surface area contributed by atoms with E-state index in [1.54, 1.807) is 36.7 Å². The second kappa shape index (κ2) is 10.7. The molecule has 0 saturated carbocycles. The highest BCUT2D eigenvalue weighted by Crippen LogP contribution is 2.11. The quantitative estimate of drug-likeness (QED) is 0.628. The zero-order valence-electron chi connectivity index (χ0n) is 16.2.